The smallest absolute Gasteiger partial charge is 0.0394 e. The molecule has 0 aromatic heterocycles. The summed E-state index contributed by atoms with van der Waals surface area (Å²) in [5, 5.41) is 2.23. The first-order chi connectivity index (χ1) is 12.0. The van der Waals surface area contributed by atoms with Crippen molar-refractivity contribution in [3.8, 4) is 0 Å². The van der Waals surface area contributed by atoms with E-state index in [9.17, 15) is 0 Å². The van der Waals surface area contributed by atoms with Crippen LogP contribution in [0.25, 0.3) is 16.8 Å². The fourth-order valence-corrected chi connectivity index (χ4v) is 2.58. The quantitative estimate of drug-likeness (QED) is 0.599. The molecule has 0 radical (unpaired) electrons. The van der Waals surface area contributed by atoms with Crippen LogP contribution >= 0.6 is 0 Å². The van der Waals surface area contributed by atoms with Gasteiger partial charge in [0.15, 0.2) is 0 Å². The first-order valence-electron chi connectivity index (χ1n) is 8.97. The Labute approximate surface area is 136 Å². The number of fused-ring (bicyclic) bond motifs is 1. The van der Waals surface area contributed by atoms with Gasteiger partial charge in [-0.3, -0.25) is 4.90 Å². The van der Waals surface area contributed by atoms with Gasteiger partial charge in [-0.25, -0.2) is 0 Å². The molecule has 110 valence electrons. The molecule has 3 aromatic rings. The number of rotatable bonds is 5. The minimum atomic E-state index is -2.14. The van der Waals surface area contributed by atoms with Gasteiger partial charge in [0, 0.05) is 17.2 Å². The Balaban J connectivity index is 1.80. The normalized spacial score (nSPS) is 14.1. The van der Waals surface area contributed by atoms with Crippen LogP contribution in [0, 0.1) is 0 Å². The van der Waals surface area contributed by atoms with E-state index in [4.69, 9.17) is 4.11 Å². The molecule has 0 saturated heterocycles. The third-order valence-corrected chi connectivity index (χ3v) is 3.68. The largest absolute Gasteiger partial charge is 0.298 e. The average Bonchev–Trinajstić information content (AvgIpc) is 2.61. The molecule has 0 fully saturated rings. The van der Waals surface area contributed by atoms with Gasteiger partial charge in [0.05, 0.1) is 0 Å². The van der Waals surface area contributed by atoms with Crippen molar-refractivity contribution in [1.29, 1.82) is 0 Å². The summed E-state index contributed by atoms with van der Waals surface area (Å²) in [4.78, 5) is 1.52. The van der Waals surface area contributed by atoms with Gasteiger partial charge >= 0.3 is 0 Å². The number of hydrogen-bond acceptors (Lipinski definition) is 1. The molecule has 1 nitrogen and oxygen atoms in total. The Morgan fingerprint density at radius 2 is 1.68 bits per heavy atom. The molecule has 0 aliphatic carbocycles. The van der Waals surface area contributed by atoms with Crippen LogP contribution in [0.5, 0.6) is 0 Å². The summed E-state index contributed by atoms with van der Waals surface area (Å²) < 4.78 is 23.6. The molecule has 0 saturated carbocycles. The van der Waals surface area contributed by atoms with E-state index in [1.165, 1.54) is 4.90 Å². The zero-order valence-electron chi connectivity index (χ0n) is 15.4. The maximum atomic E-state index is 7.85. The van der Waals surface area contributed by atoms with Crippen LogP contribution in [-0.4, -0.2) is 18.4 Å². The third-order valence-electron chi connectivity index (χ3n) is 3.68. The molecule has 0 amide bonds. The van der Waals surface area contributed by atoms with E-state index in [-0.39, 0.29) is 0 Å². The van der Waals surface area contributed by atoms with Crippen LogP contribution in [0.2, 0.25) is 0 Å². The zero-order valence-corrected chi connectivity index (χ0v) is 12.4. The Bertz CT molecular complexity index is 848. The van der Waals surface area contributed by atoms with Gasteiger partial charge in [-0.15, -0.1) is 0 Å². The predicted octanol–water partition coefficient (Wildman–Crippen LogP) is 4.99. The van der Waals surface area contributed by atoms with Crippen molar-refractivity contribution >= 4 is 16.8 Å². The molecule has 0 heterocycles. The van der Waals surface area contributed by atoms with Crippen molar-refractivity contribution < 1.29 is 4.11 Å². The Morgan fingerprint density at radius 3 is 2.55 bits per heavy atom. The molecule has 0 bridgehead atoms. The SMILES string of the molecule is [2H][13C]([2H])([2H])N(C/C=C/c1ccccc1)Cc1cccc2ccccc12. The lowest BCUT2D eigenvalue weighted by Gasteiger charge is -2.16. The number of benzene rings is 3. The molecular formula is C21H21N. The van der Waals surface area contributed by atoms with Crippen molar-refractivity contribution in [1.82, 2.24) is 4.90 Å². The molecule has 0 aliphatic rings. The summed E-state index contributed by atoms with van der Waals surface area (Å²) in [6, 6.07) is 24.0. The first-order valence-corrected chi connectivity index (χ1v) is 7.47. The number of hydrogen-bond donors (Lipinski definition) is 0. The third kappa shape index (κ3) is 3.63. The lowest BCUT2D eigenvalue weighted by molar-refractivity contribution is 0.365. The summed E-state index contributed by atoms with van der Waals surface area (Å²) in [6.45, 7) is -1.39. The second-order valence-electron chi connectivity index (χ2n) is 5.33. The monoisotopic (exact) mass is 291 g/mol. The van der Waals surface area contributed by atoms with Crippen molar-refractivity contribution in [3.63, 3.8) is 0 Å². The standard InChI is InChI=1S/C21H21N/c1-22(16-8-11-18-9-3-2-4-10-18)17-20-14-7-13-19-12-5-6-15-21(19)20/h2-15H,16-17H2,1H3/b11-8+/i1+1D3. The molecule has 0 N–H and O–H groups in total. The lowest BCUT2D eigenvalue weighted by atomic mass is 10.0. The summed E-state index contributed by atoms with van der Waals surface area (Å²) in [6.07, 6.45) is 3.87. The van der Waals surface area contributed by atoms with Crippen LogP contribution in [0.4, 0.5) is 0 Å². The van der Waals surface area contributed by atoms with Gasteiger partial charge in [0.1, 0.15) is 0 Å². The van der Waals surface area contributed by atoms with Crippen molar-refractivity contribution in [2.24, 2.45) is 0 Å². The summed E-state index contributed by atoms with van der Waals surface area (Å²) in [7, 11) is 0. The molecule has 3 rings (SSSR count). The van der Waals surface area contributed by atoms with Crippen LogP contribution in [0.3, 0.4) is 0 Å². The zero-order chi connectivity index (χ0) is 17.7. The van der Waals surface area contributed by atoms with E-state index in [1.807, 2.05) is 84.9 Å². The van der Waals surface area contributed by atoms with Crippen molar-refractivity contribution in [2.75, 3.05) is 13.5 Å². The second kappa shape index (κ2) is 7.06. The Hall–Kier alpha value is -2.38. The molecule has 3 aromatic carbocycles. The van der Waals surface area contributed by atoms with Crippen LogP contribution < -0.4 is 0 Å². The van der Waals surface area contributed by atoms with Gasteiger partial charge in [0.25, 0.3) is 0 Å². The minimum Gasteiger partial charge on any atom is -0.298 e. The average molecular weight is 291 g/mol. The second-order valence-corrected chi connectivity index (χ2v) is 5.33. The molecule has 22 heavy (non-hydrogen) atoms. The van der Waals surface area contributed by atoms with E-state index < -0.39 is 6.98 Å². The van der Waals surface area contributed by atoms with Gasteiger partial charge in [-0.1, -0.05) is 84.9 Å². The fourth-order valence-electron chi connectivity index (χ4n) is 2.58. The number of likely N-dealkylation sites (N-methyl/N-ethyl adjacent to an activating group) is 1. The van der Waals surface area contributed by atoms with E-state index in [0.29, 0.717) is 13.1 Å². The number of nitrogens with zero attached hydrogens (tertiary/aromatic N) is 1. The van der Waals surface area contributed by atoms with Crippen LogP contribution in [0.1, 0.15) is 15.2 Å². The fraction of sp³-hybridized carbons (Fsp3) is 0.143. The minimum absolute atomic E-state index is 0.370. The van der Waals surface area contributed by atoms with Gasteiger partial charge in [-0.2, -0.15) is 0 Å². The van der Waals surface area contributed by atoms with Gasteiger partial charge in [0.2, 0.25) is 0 Å². The Morgan fingerprint density at radius 1 is 0.909 bits per heavy atom. The summed E-state index contributed by atoms with van der Waals surface area (Å²) >= 11 is 0. The maximum Gasteiger partial charge on any atom is 0.0394 e. The maximum absolute atomic E-state index is 7.85. The van der Waals surface area contributed by atoms with Gasteiger partial charge < -0.3 is 0 Å². The molecule has 0 aliphatic heterocycles. The lowest BCUT2D eigenvalue weighted by Crippen LogP contribution is -2.17. The van der Waals surface area contributed by atoms with Crippen molar-refractivity contribution in [3.05, 3.63) is 90.0 Å². The molecule has 0 unspecified atom stereocenters. The van der Waals surface area contributed by atoms with Crippen LogP contribution in [0.15, 0.2) is 78.9 Å². The first kappa shape index (κ1) is 11.2. The molecule has 1 heteroatoms. The molecule has 0 atom stereocenters. The Kier molecular flexibility index (Phi) is 3.60. The highest BCUT2D eigenvalue weighted by molar-refractivity contribution is 5.85. The highest BCUT2D eigenvalue weighted by Gasteiger charge is 2.03. The summed E-state index contributed by atoms with van der Waals surface area (Å²) in [5.74, 6) is 0. The highest BCUT2D eigenvalue weighted by Crippen LogP contribution is 2.19. The molecular weight excluding hydrogens is 267 g/mol. The topological polar surface area (TPSA) is 3.24 Å². The van der Waals surface area contributed by atoms with Crippen molar-refractivity contribution in [2.45, 2.75) is 6.54 Å². The van der Waals surface area contributed by atoms with Gasteiger partial charge in [-0.05, 0) is 28.9 Å². The predicted molar refractivity (Wildman–Crippen MR) is 95.8 cm³/mol. The molecule has 0 spiro atoms. The highest BCUT2D eigenvalue weighted by atomic mass is 15.2. The van der Waals surface area contributed by atoms with E-state index >= 15 is 0 Å². The van der Waals surface area contributed by atoms with E-state index in [2.05, 4.69) is 0 Å². The summed E-state index contributed by atoms with van der Waals surface area (Å²) in [5.41, 5.74) is 2.10. The van der Waals surface area contributed by atoms with E-state index in [1.54, 1.807) is 0 Å². The van der Waals surface area contributed by atoms with Crippen LogP contribution in [-0.2, 0) is 6.54 Å². The van der Waals surface area contributed by atoms with E-state index in [0.717, 1.165) is 21.9 Å².